The van der Waals surface area contributed by atoms with Crippen molar-refractivity contribution in [1.29, 1.82) is 0 Å². The monoisotopic (exact) mass is 287 g/mol. The molecule has 2 aromatic heterocycles. The Labute approximate surface area is 122 Å². The van der Waals surface area contributed by atoms with E-state index in [0.29, 0.717) is 19.0 Å². The first-order valence-corrected chi connectivity index (χ1v) is 6.87. The van der Waals surface area contributed by atoms with Crippen LogP contribution in [-0.2, 0) is 17.8 Å². The molecule has 3 heterocycles. The van der Waals surface area contributed by atoms with Crippen LogP contribution in [0.1, 0.15) is 22.8 Å². The summed E-state index contributed by atoms with van der Waals surface area (Å²) in [7, 11) is 0. The van der Waals surface area contributed by atoms with E-state index in [1.165, 1.54) is 5.56 Å². The van der Waals surface area contributed by atoms with Gasteiger partial charge in [-0.3, -0.25) is 15.0 Å². The van der Waals surface area contributed by atoms with E-state index in [9.17, 15) is 4.79 Å². The molecule has 21 heavy (non-hydrogen) atoms. The largest absolute Gasteiger partial charge is 0.338 e. The van der Waals surface area contributed by atoms with Gasteiger partial charge in [0.05, 0.1) is 17.9 Å². The highest BCUT2D eigenvalue weighted by molar-refractivity contribution is 5.90. The quantitative estimate of drug-likeness (QED) is 0.909. The van der Waals surface area contributed by atoms with Crippen molar-refractivity contribution in [2.45, 2.75) is 26.8 Å². The Morgan fingerprint density at radius 2 is 2.33 bits per heavy atom. The van der Waals surface area contributed by atoms with Crippen LogP contribution in [0, 0.1) is 13.8 Å². The van der Waals surface area contributed by atoms with Crippen LogP contribution in [0.4, 0.5) is 5.88 Å². The average Bonchev–Trinajstić information content (AvgIpc) is 2.83. The number of aryl methyl sites for hydroxylation is 2. The van der Waals surface area contributed by atoms with E-state index in [4.69, 9.17) is 4.52 Å². The zero-order valence-corrected chi connectivity index (χ0v) is 12.1. The lowest BCUT2D eigenvalue weighted by Gasteiger charge is -2.26. The van der Waals surface area contributed by atoms with Crippen molar-refractivity contribution in [2.75, 3.05) is 18.4 Å². The fraction of sp³-hybridized carbons (Fsp3) is 0.429. The van der Waals surface area contributed by atoms with Crippen molar-refractivity contribution in [2.24, 2.45) is 0 Å². The van der Waals surface area contributed by atoms with Crippen LogP contribution in [0.25, 0.3) is 0 Å². The summed E-state index contributed by atoms with van der Waals surface area (Å²) in [4.78, 5) is 22.7. The maximum absolute atomic E-state index is 12.0. The third-order valence-electron chi connectivity index (χ3n) is 3.40. The van der Waals surface area contributed by atoms with Gasteiger partial charge in [-0.1, -0.05) is 5.16 Å². The number of anilines is 1. The Kier molecular flexibility index (Phi) is 3.66. The van der Waals surface area contributed by atoms with Crippen molar-refractivity contribution in [3.63, 3.8) is 0 Å². The second kappa shape index (κ2) is 5.61. The van der Waals surface area contributed by atoms with E-state index in [1.807, 2.05) is 20.0 Å². The summed E-state index contributed by atoms with van der Waals surface area (Å²) in [5.41, 5.74) is 2.92. The van der Waals surface area contributed by atoms with Crippen LogP contribution in [-0.4, -0.2) is 39.0 Å². The number of carbonyl (C=O) groups excluding carboxylic acids is 1. The number of hydrogen-bond acceptors (Lipinski definition) is 6. The molecule has 0 saturated carbocycles. The molecule has 0 aromatic carbocycles. The van der Waals surface area contributed by atoms with Gasteiger partial charge in [0.1, 0.15) is 5.82 Å². The molecule has 110 valence electrons. The Hall–Kier alpha value is -2.28. The van der Waals surface area contributed by atoms with E-state index in [0.717, 1.165) is 30.2 Å². The molecule has 0 spiro atoms. The molecular weight excluding hydrogens is 270 g/mol. The molecule has 1 N–H and O–H groups in total. The van der Waals surface area contributed by atoms with Gasteiger partial charge in [-0.2, -0.15) is 0 Å². The minimum Gasteiger partial charge on any atom is -0.338 e. The Morgan fingerprint density at radius 1 is 1.48 bits per heavy atom. The summed E-state index contributed by atoms with van der Waals surface area (Å²) in [6, 6.07) is 1.69. The van der Waals surface area contributed by atoms with Crippen LogP contribution in [0.3, 0.4) is 0 Å². The molecule has 0 radical (unpaired) electrons. The Morgan fingerprint density at radius 3 is 3.10 bits per heavy atom. The van der Waals surface area contributed by atoms with Gasteiger partial charge in [0, 0.05) is 25.4 Å². The Bertz CT molecular complexity index is 667. The molecule has 0 atom stereocenters. The van der Waals surface area contributed by atoms with Crippen LogP contribution in [0.15, 0.2) is 16.8 Å². The maximum atomic E-state index is 12.0. The van der Waals surface area contributed by atoms with Gasteiger partial charge in [0.2, 0.25) is 11.8 Å². The first kappa shape index (κ1) is 13.7. The molecule has 0 saturated heterocycles. The van der Waals surface area contributed by atoms with Gasteiger partial charge in [0.15, 0.2) is 0 Å². The number of nitrogens with one attached hydrogen (secondary N) is 1. The lowest BCUT2D eigenvalue weighted by molar-refractivity contribution is -0.117. The summed E-state index contributed by atoms with van der Waals surface area (Å²) in [5.74, 6) is 1.03. The number of rotatable bonds is 3. The van der Waals surface area contributed by atoms with E-state index >= 15 is 0 Å². The molecule has 1 aliphatic heterocycles. The normalized spacial score (nSPS) is 14.8. The molecule has 0 aliphatic carbocycles. The summed E-state index contributed by atoms with van der Waals surface area (Å²) in [6.45, 7) is 5.48. The lowest BCUT2D eigenvalue weighted by atomic mass is 10.1. The molecule has 3 rings (SSSR count). The minimum absolute atomic E-state index is 0.111. The highest BCUT2D eigenvalue weighted by Crippen LogP contribution is 2.16. The summed E-state index contributed by atoms with van der Waals surface area (Å²) < 4.78 is 4.98. The van der Waals surface area contributed by atoms with Gasteiger partial charge in [-0.05, 0) is 25.8 Å². The third-order valence-corrected chi connectivity index (χ3v) is 3.40. The molecule has 7 nitrogen and oxygen atoms in total. The SMILES string of the molecule is Cc1cc(NC(=O)CN2CCc3cnc(C)nc3C2)on1. The second-order valence-electron chi connectivity index (χ2n) is 5.23. The smallest absolute Gasteiger partial charge is 0.240 e. The van der Waals surface area contributed by atoms with Gasteiger partial charge in [0.25, 0.3) is 0 Å². The second-order valence-corrected chi connectivity index (χ2v) is 5.23. The highest BCUT2D eigenvalue weighted by atomic mass is 16.5. The molecule has 1 aliphatic rings. The van der Waals surface area contributed by atoms with E-state index < -0.39 is 0 Å². The zero-order valence-electron chi connectivity index (χ0n) is 12.1. The zero-order chi connectivity index (χ0) is 14.8. The van der Waals surface area contributed by atoms with Crippen LogP contribution in [0.5, 0.6) is 0 Å². The highest BCUT2D eigenvalue weighted by Gasteiger charge is 2.20. The molecule has 7 heteroatoms. The lowest BCUT2D eigenvalue weighted by Crippen LogP contribution is -2.37. The summed E-state index contributed by atoms with van der Waals surface area (Å²) in [6.07, 6.45) is 2.75. The van der Waals surface area contributed by atoms with Crippen LogP contribution < -0.4 is 5.32 Å². The van der Waals surface area contributed by atoms with Gasteiger partial charge >= 0.3 is 0 Å². The topological polar surface area (TPSA) is 84.2 Å². The van der Waals surface area contributed by atoms with Crippen LogP contribution >= 0.6 is 0 Å². The van der Waals surface area contributed by atoms with Crippen molar-refractivity contribution < 1.29 is 9.32 Å². The molecule has 0 unspecified atom stereocenters. The maximum Gasteiger partial charge on any atom is 0.240 e. The molecule has 2 aromatic rings. The first-order chi connectivity index (χ1) is 10.1. The number of hydrogen-bond donors (Lipinski definition) is 1. The first-order valence-electron chi connectivity index (χ1n) is 6.87. The van der Waals surface area contributed by atoms with Crippen molar-refractivity contribution in [3.05, 3.63) is 35.0 Å². The predicted molar refractivity (Wildman–Crippen MR) is 75.6 cm³/mol. The van der Waals surface area contributed by atoms with E-state index in [2.05, 4.69) is 25.3 Å². The number of amides is 1. The average molecular weight is 287 g/mol. The van der Waals surface area contributed by atoms with E-state index in [-0.39, 0.29) is 5.91 Å². The third kappa shape index (κ3) is 3.25. The fourth-order valence-corrected chi connectivity index (χ4v) is 2.39. The number of aromatic nitrogens is 3. The fourth-order valence-electron chi connectivity index (χ4n) is 2.39. The standard InChI is InChI=1S/C14H17N5O2/c1-9-5-14(21-18-9)17-13(20)8-19-4-3-11-6-15-10(2)16-12(11)7-19/h5-6H,3-4,7-8H2,1-2H3,(H,17,20). The Balaban J connectivity index is 1.60. The minimum atomic E-state index is -0.111. The number of nitrogens with zero attached hydrogens (tertiary/aromatic N) is 4. The number of carbonyl (C=O) groups is 1. The van der Waals surface area contributed by atoms with Crippen molar-refractivity contribution >= 4 is 11.8 Å². The molecule has 1 amide bonds. The molecule has 0 fully saturated rings. The van der Waals surface area contributed by atoms with E-state index in [1.54, 1.807) is 6.07 Å². The van der Waals surface area contributed by atoms with Gasteiger partial charge in [-0.25, -0.2) is 9.97 Å². The number of fused-ring (bicyclic) bond motifs is 1. The van der Waals surface area contributed by atoms with Gasteiger partial charge < -0.3 is 4.52 Å². The summed E-state index contributed by atoms with van der Waals surface area (Å²) in [5, 5.41) is 6.44. The molecular formula is C14H17N5O2. The van der Waals surface area contributed by atoms with Gasteiger partial charge in [-0.15, -0.1) is 0 Å². The van der Waals surface area contributed by atoms with Crippen LogP contribution in [0.2, 0.25) is 0 Å². The predicted octanol–water partition coefficient (Wildman–Crippen LogP) is 1.08. The van der Waals surface area contributed by atoms with Crippen molar-refractivity contribution in [3.8, 4) is 0 Å². The summed E-state index contributed by atoms with van der Waals surface area (Å²) >= 11 is 0. The van der Waals surface area contributed by atoms with Crippen molar-refractivity contribution in [1.82, 2.24) is 20.0 Å². The molecule has 0 bridgehead atoms.